The summed E-state index contributed by atoms with van der Waals surface area (Å²) in [4.78, 5) is 35.4. The lowest BCUT2D eigenvalue weighted by atomic mass is 10.1. The Labute approximate surface area is 150 Å². The summed E-state index contributed by atoms with van der Waals surface area (Å²) in [6.45, 7) is 1.48. The summed E-state index contributed by atoms with van der Waals surface area (Å²) in [5.74, 6) is -1.20. The predicted molar refractivity (Wildman–Crippen MR) is 95.8 cm³/mol. The molecule has 0 atom stereocenters. The largest absolute Gasteiger partial charge is 0.456 e. The molecular weight excluding hydrogens is 342 g/mol. The first-order valence-electron chi connectivity index (χ1n) is 7.75. The molecule has 6 heteroatoms. The van der Waals surface area contributed by atoms with Crippen LogP contribution in [0.5, 0.6) is 0 Å². The van der Waals surface area contributed by atoms with Crippen molar-refractivity contribution in [1.82, 2.24) is 0 Å². The smallest absolute Gasteiger partial charge is 0.306 e. The third-order valence-electron chi connectivity index (χ3n) is 3.51. The van der Waals surface area contributed by atoms with E-state index in [1.807, 2.05) is 19.1 Å². The lowest BCUT2D eigenvalue weighted by molar-refractivity contribution is -0.147. The van der Waals surface area contributed by atoms with E-state index in [1.165, 1.54) is 0 Å². The zero-order chi connectivity index (χ0) is 18.2. The van der Waals surface area contributed by atoms with Crippen molar-refractivity contribution in [3.8, 4) is 0 Å². The number of hydrogen-bond donors (Lipinski definition) is 1. The van der Waals surface area contributed by atoms with Gasteiger partial charge in [-0.15, -0.1) is 0 Å². The number of ketones is 1. The summed E-state index contributed by atoms with van der Waals surface area (Å²) >= 11 is 5.76. The molecule has 2 aromatic carbocycles. The number of rotatable bonds is 7. The maximum absolute atomic E-state index is 11.9. The maximum Gasteiger partial charge on any atom is 0.306 e. The number of benzene rings is 2. The lowest BCUT2D eigenvalue weighted by Gasteiger charge is -2.08. The fourth-order valence-electron chi connectivity index (χ4n) is 2.11. The summed E-state index contributed by atoms with van der Waals surface area (Å²) in [6.07, 6.45) is -0.0705. The quantitative estimate of drug-likeness (QED) is 0.603. The highest BCUT2D eigenvalue weighted by Crippen LogP contribution is 2.13. The van der Waals surface area contributed by atoms with Crippen molar-refractivity contribution in [2.24, 2.45) is 0 Å². The second-order valence-electron chi connectivity index (χ2n) is 5.45. The molecule has 0 unspecified atom stereocenters. The standard InChI is InChI=1S/C19H18ClNO4/c1-13-4-2-3-5-16(13)21-18(23)12-25-19(24)11-10-17(22)14-6-8-15(20)9-7-14/h2-9H,10-12H2,1H3,(H,21,23). The van der Waals surface area contributed by atoms with Gasteiger partial charge in [0, 0.05) is 22.7 Å². The molecule has 0 bridgehead atoms. The average Bonchev–Trinajstić information content (AvgIpc) is 2.60. The number of Topliss-reactive ketones (excluding diaryl/α,β-unsaturated/α-hetero) is 1. The first kappa shape index (κ1) is 18.7. The fraction of sp³-hybridized carbons (Fsp3) is 0.211. The molecule has 0 saturated carbocycles. The Bertz CT molecular complexity index is 771. The molecule has 0 spiro atoms. The normalized spacial score (nSPS) is 10.2. The molecule has 0 saturated heterocycles. The molecule has 0 aliphatic carbocycles. The molecule has 1 N–H and O–H groups in total. The van der Waals surface area contributed by atoms with Gasteiger partial charge in [0.15, 0.2) is 12.4 Å². The maximum atomic E-state index is 11.9. The van der Waals surface area contributed by atoms with Crippen LogP contribution in [0, 0.1) is 6.92 Å². The topological polar surface area (TPSA) is 72.5 Å². The van der Waals surface area contributed by atoms with Gasteiger partial charge < -0.3 is 10.1 Å². The van der Waals surface area contributed by atoms with Crippen LogP contribution in [0.25, 0.3) is 0 Å². The highest BCUT2D eigenvalue weighted by molar-refractivity contribution is 6.30. The molecule has 25 heavy (non-hydrogen) atoms. The zero-order valence-corrected chi connectivity index (χ0v) is 14.5. The summed E-state index contributed by atoms with van der Waals surface area (Å²) < 4.78 is 4.90. The minimum absolute atomic E-state index is 0.0138. The van der Waals surface area contributed by atoms with Crippen molar-refractivity contribution in [3.63, 3.8) is 0 Å². The van der Waals surface area contributed by atoms with Crippen LogP contribution >= 0.6 is 11.6 Å². The molecule has 0 fully saturated rings. The Hall–Kier alpha value is -2.66. The van der Waals surface area contributed by atoms with E-state index in [1.54, 1.807) is 36.4 Å². The molecule has 0 aromatic heterocycles. The number of amides is 1. The Morgan fingerprint density at radius 1 is 1.00 bits per heavy atom. The Kier molecular flexibility index (Phi) is 6.71. The molecular formula is C19H18ClNO4. The molecule has 0 aliphatic heterocycles. The van der Waals surface area contributed by atoms with Gasteiger partial charge in [0.2, 0.25) is 0 Å². The summed E-state index contributed by atoms with van der Waals surface area (Å²) in [5.41, 5.74) is 2.06. The van der Waals surface area contributed by atoms with Crippen LogP contribution < -0.4 is 5.32 Å². The second-order valence-corrected chi connectivity index (χ2v) is 5.89. The predicted octanol–water partition coefficient (Wildman–Crippen LogP) is 3.79. The Morgan fingerprint density at radius 3 is 2.36 bits per heavy atom. The van der Waals surface area contributed by atoms with Crippen LogP contribution in [-0.4, -0.2) is 24.3 Å². The molecule has 5 nitrogen and oxygen atoms in total. The van der Waals surface area contributed by atoms with E-state index >= 15 is 0 Å². The van der Waals surface area contributed by atoms with Crippen molar-refractivity contribution in [2.75, 3.05) is 11.9 Å². The van der Waals surface area contributed by atoms with Crippen molar-refractivity contribution in [3.05, 3.63) is 64.7 Å². The van der Waals surface area contributed by atoms with Gasteiger partial charge in [0.1, 0.15) is 0 Å². The van der Waals surface area contributed by atoms with Crippen molar-refractivity contribution >= 4 is 34.9 Å². The Balaban J connectivity index is 1.73. The summed E-state index contributed by atoms with van der Waals surface area (Å²) in [6, 6.07) is 13.7. The van der Waals surface area contributed by atoms with Gasteiger partial charge >= 0.3 is 5.97 Å². The summed E-state index contributed by atoms with van der Waals surface area (Å²) in [5, 5.41) is 3.20. The second kappa shape index (κ2) is 8.99. The van der Waals surface area contributed by atoms with Crippen LogP contribution in [0.2, 0.25) is 5.02 Å². The minimum atomic E-state index is -0.595. The molecule has 0 heterocycles. The van der Waals surface area contributed by atoms with Crippen LogP contribution in [0.15, 0.2) is 48.5 Å². The average molecular weight is 360 g/mol. The number of halogens is 1. The first-order chi connectivity index (χ1) is 12.0. The van der Waals surface area contributed by atoms with Gasteiger partial charge in [-0.3, -0.25) is 14.4 Å². The number of aryl methyl sites for hydroxylation is 1. The van der Waals surface area contributed by atoms with E-state index in [9.17, 15) is 14.4 Å². The number of esters is 1. The van der Waals surface area contributed by atoms with E-state index in [0.29, 0.717) is 16.3 Å². The van der Waals surface area contributed by atoms with E-state index in [-0.39, 0.29) is 25.2 Å². The highest BCUT2D eigenvalue weighted by atomic mass is 35.5. The van der Waals surface area contributed by atoms with Gasteiger partial charge in [-0.25, -0.2) is 0 Å². The van der Waals surface area contributed by atoms with Crippen LogP contribution in [0.1, 0.15) is 28.8 Å². The fourth-order valence-corrected chi connectivity index (χ4v) is 2.24. The van der Waals surface area contributed by atoms with Gasteiger partial charge in [-0.05, 0) is 42.8 Å². The molecule has 2 aromatic rings. The molecule has 2 rings (SSSR count). The third kappa shape index (κ3) is 6.04. The van der Waals surface area contributed by atoms with Crippen LogP contribution in [0.4, 0.5) is 5.69 Å². The first-order valence-corrected chi connectivity index (χ1v) is 8.13. The van der Waals surface area contributed by atoms with Crippen molar-refractivity contribution in [2.45, 2.75) is 19.8 Å². The lowest BCUT2D eigenvalue weighted by Crippen LogP contribution is -2.21. The monoisotopic (exact) mass is 359 g/mol. The van der Waals surface area contributed by atoms with Crippen molar-refractivity contribution < 1.29 is 19.1 Å². The minimum Gasteiger partial charge on any atom is -0.456 e. The van der Waals surface area contributed by atoms with Crippen molar-refractivity contribution in [1.29, 1.82) is 0 Å². The Morgan fingerprint density at radius 2 is 1.68 bits per heavy atom. The number of hydrogen-bond acceptors (Lipinski definition) is 4. The zero-order valence-electron chi connectivity index (χ0n) is 13.8. The van der Waals surface area contributed by atoms with E-state index in [2.05, 4.69) is 5.32 Å². The highest BCUT2D eigenvalue weighted by Gasteiger charge is 2.12. The number of ether oxygens (including phenoxy) is 1. The number of anilines is 1. The van der Waals surface area contributed by atoms with Crippen LogP contribution in [0.3, 0.4) is 0 Å². The third-order valence-corrected chi connectivity index (χ3v) is 3.76. The van der Waals surface area contributed by atoms with E-state index in [4.69, 9.17) is 16.3 Å². The van der Waals surface area contributed by atoms with E-state index in [0.717, 1.165) is 5.56 Å². The van der Waals surface area contributed by atoms with Crippen LogP contribution in [-0.2, 0) is 14.3 Å². The molecule has 0 aliphatic rings. The number of carbonyl (C=O) groups is 3. The molecule has 130 valence electrons. The van der Waals surface area contributed by atoms with Gasteiger partial charge in [0.05, 0.1) is 6.42 Å². The van der Waals surface area contributed by atoms with Gasteiger partial charge in [-0.2, -0.15) is 0 Å². The molecule has 1 amide bonds. The number of para-hydroxylation sites is 1. The molecule has 0 radical (unpaired) electrons. The number of nitrogens with one attached hydrogen (secondary N) is 1. The van der Waals surface area contributed by atoms with Gasteiger partial charge in [0.25, 0.3) is 5.91 Å². The van der Waals surface area contributed by atoms with E-state index < -0.39 is 11.9 Å². The van der Waals surface area contributed by atoms with Gasteiger partial charge in [-0.1, -0.05) is 29.8 Å². The SMILES string of the molecule is Cc1ccccc1NC(=O)COC(=O)CCC(=O)c1ccc(Cl)cc1. The number of carbonyl (C=O) groups excluding carboxylic acids is 3. The summed E-state index contributed by atoms with van der Waals surface area (Å²) in [7, 11) is 0.